The summed E-state index contributed by atoms with van der Waals surface area (Å²) in [5, 5.41) is 0. The van der Waals surface area contributed by atoms with Gasteiger partial charge in [0.25, 0.3) is 0 Å². The summed E-state index contributed by atoms with van der Waals surface area (Å²) in [5.41, 5.74) is 2.43. The Hall–Kier alpha value is -4.29. The highest BCUT2D eigenvalue weighted by Gasteiger charge is 2.20. The summed E-state index contributed by atoms with van der Waals surface area (Å²) in [5.74, 6) is 2.14. The second-order valence-corrected chi connectivity index (χ2v) is 9.98. The van der Waals surface area contributed by atoms with E-state index in [1.807, 2.05) is 38.0 Å². The maximum atomic E-state index is 12.8. The molecule has 0 radical (unpaired) electrons. The van der Waals surface area contributed by atoms with E-state index in [2.05, 4.69) is 9.71 Å². The standard InChI is InChI=1S/C26H23N3O5S/c1-5-22(30)19-15-29(20-12-13-27-24(20)25(19)31)21-14-18(28-35(32,33)6-2)10-11-23(21)34-26-16(3)8-7-9-17(26)4/h1,7-15,27-28H,6H2,2-4H3. The number of ketones is 1. The van der Waals surface area contributed by atoms with Gasteiger partial charge in [-0.25, -0.2) is 8.42 Å². The lowest BCUT2D eigenvalue weighted by Gasteiger charge is -2.19. The van der Waals surface area contributed by atoms with Crippen LogP contribution in [0.1, 0.15) is 28.4 Å². The molecule has 0 saturated carbocycles. The first kappa shape index (κ1) is 23.9. The number of nitrogens with one attached hydrogen (secondary N) is 2. The van der Waals surface area contributed by atoms with Gasteiger partial charge in [-0.15, -0.1) is 6.42 Å². The number of carbonyl (C=O) groups is 1. The van der Waals surface area contributed by atoms with Crippen molar-refractivity contribution >= 4 is 32.5 Å². The minimum absolute atomic E-state index is 0.107. The van der Waals surface area contributed by atoms with Gasteiger partial charge in [0.1, 0.15) is 11.3 Å². The van der Waals surface area contributed by atoms with Gasteiger partial charge in [-0.1, -0.05) is 18.2 Å². The number of benzene rings is 2. The molecule has 178 valence electrons. The van der Waals surface area contributed by atoms with Gasteiger partial charge >= 0.3 is 0 Å². The number of aromatic amines is 1. The number of H-pyrrole nitrogens is 1. The van der Waals surface area contributed by atoms with Crippen LogP contribution in [0.3, 0.4) is 0 Å². The Labute approximate surface area is 202 Å². The second-order valence-electron chi connectivity index (χ2n) is 7.96. The number of aryl methyl sites for hydroxylation is 2. The van der Waals surface area contributed by atoms with Crippen LogP contribution in [-0.4, -0.2) is 29.5 Å². The SMILES string of the molecule is C#CC(=O)c1cn(-c2cc(NS(=O)(=O)CC)ccc2Oc2c(C)cccc2C)c2cc[nH]c2c1=O. The number of terminal acetylenes is 1. The molecule has 8 nitrogen and oxygen atoms in total. The van der Waals surface area contributed by atoms with Crippen LogP contribution in [0.2, 0.25) is 0 Å². The number of rotatable bonds is 7. The monoisotopic (exact) mass is 489 g/mol. The van der Waals surface area contributed by atoms with Crippen molar-refractivity contribution in [2.24, 2.45) is 0 Å². The van der Waals surface area contributed by atoms with Gasteiger partial charge in [0, 0.05) is 12.4 Å². The molecule has 0 atom stereocenters. The predicted octanol–water partition coefficient (Wildman–Crippen LogP) is 4.31. The fourth-order valence-electron chi connectivity index (χ4n) is 3.75. The van der Waals surface area contributed by atoms with Gasteiger partial charge in [0.05, 0.1) is 28.2 Å². The number of para-hydroxylation sites is 1. The number of hydrogen-bond acceptors (Lipinski definition) is 5. The normalized spacial score (nSPS) is 11.3. The third-order valence-electron chi connectivity index (χ3n) is 5.58. The average Bonchev–Trinajstić information content (AvgIpc) is 3.32. The van der Waals surface area contributed by atoms with Crippen molar-refractivity contribution < 1.29 is 17.9 Å². The highest BCUT2D eigenvalue weighted by Crippen LogP contribution is 2.35. The van der Waals surface area contributed by atoms with E-state index in [0.717, 1.165) is 11.1 Å². The summed E-state index contributed by atoms with van der Waals surface area (Å²) >= 11 is 0. The largest absolute Gasteiger partial charge is 0.455 e. The van der Waals surface area contributed by atoms with Crippen molar-refractivity contribution in [1.82, 2.24) is 9.55 Å². The highest BCUT2D eigenvalue weighted by molar-refractivity contribution is 7.92. The molecule has 0 amide bonds. The number of Topliss-reactive ketones (excluding diaryl/α,β-unsaturated/α-hetero) is 1. The van der Waals surface area contributed by atoms with Crippen molar-refractivity contribution in [3.63, 3.8) is 0 Å². The summed E-state index contributed by atoms with van der Waals surface area (Å²) in [6.45, 7) is 5.36. The molecule has 0 aliphatic heterocycles. The smallest absolute Gasteiger partial charge is 0.241 e. The van der Waals surface area contributed by atoms with E-state index in [-0.39, 0.29) is 16.8 Å². The quantitative estimate of drug-likeness (QED) is 0.228. The van der Waals surface area contributed by atoms with Crippen LogP contribution in [0, 0.1) is 26.2 Å². The molecule has 4 rings (SSSR count). The molecule has 0 saturated heterocycles. The third kappa shape index (κ3) is 4.56. The molecule has 0 aliphatic rings. The lowest BCUT2D eigenvalue weighted by Crippen LogP contribution is -2.18. The van der Waals surface area contributed by atoms with E-state index in [9.17, 15) is 18.0 Å². The molecule has 2 N–H and O–H groups in total. The molecule has 0 unspecified atom stereocenters. The van der Waals surface area contributed by atoms with Crippen molar-refractivity contribution in [3.05, 3.63) is 81.8 Å². The molecule has 35 heavy (non-hydrogen) atoms. The third-order valence-corrected chi connectivity index (χ3v) is 6.89. The molecule has 0 bridgehead atoms. The number of nitrogens with zero attached hydrogens (tertiary/aromatic N) is 1. The van der Waals surface area contributed by atoms with E-state index < -0.39 is 21.2 Å². The van der Waals surface area contributed by atoms with Crippen molar-refractivity contribution in [2.75, 3.05) is 10.5 Å². The second kappa shape index (κ2) is 9.16. The fraction of sp³-hybridized carbons (Fsp3) is 0.154. The Balaban J connectivity index is 2.01. The first-order chi connectivity index (χ1) is 16.6. The van der Waals surface area contributed by atoms with Gasteiger partial charge in [-0.05, 0) is 62.1 Å². The lowest BCUT2D eigenvalue weighted by molar-refractivity contribution is 0.105. The lowest BCUT2D eigenvalue weighted by atomic mass is 10.1. The predicted molar refractivity (Wildman–Crippen MR) is 136 cm³/mol. The molecule has 4 aromatic rings. The van der Waals surface area contributed by atoms with Crippen LogP contribution in [0.5, 0.6) is 11.5 Å². The van der Waals surface area contributed by atoms with E-state index in [4.69, 9.17) is 11.2 Å². The Morgan fingerprint density at radius 2 is 1.89 bits per heavy atom. The molecule has 0 fully saturated rings. The number of hydrogen-bond donors (Lipinski definition) is 2. The van der Waals surface area contributed by atoms with Gasteiger partial charge < -0.3 is 14.3 Å². The molecular weight excluding hydrogens is 466 g/mol. The zero-order valence-corrected chi connectivity index (χ0v) is 20.2. The van der Waals surface area contributed by atoms with Gasteiger partial charge in [0.2, 0.25) is 21.2 Å². The van der Waals surface area contributed by atoms with Crippen LogP contribution >= 0.6 is 0 Å². The van der Waals surface area contributed by atoms with Crippen molar-refractivity contribution in [3.8, 4) is 29.5 Å². The minimum Gasteiger partial charge on any atom is -0.455 e. The van der Waals surface area contributed by atoms with E-state index in [1.54, 1.807) is 35.0 Å². The maximum Gasteiger partial charge on any atom is 0.241 e. The number of fused-ring (bicyclic) bond motifs is 1. The Bertz CT molecular complexity index is 1650. The van der Waals surface area contributed by atoms with Crippen LogP contribution in [0.15, 0.2) is 59.7 Å². The first-order valence-corrected chi connectivity index (χ1v) is 12.4. The van der Waals surface area contributed by atoms with Crippen molar-refractivity contribution in [2.45, 2.75) is 20.8 Å². The molecule has 0 aliphatic carbocycles. The Kier molecular flexibility index (Phi) is 6.24. The number of pyridine rings is 1. The molecule has 2 aromatic heterocycles. The average molecular weight is 490 g/mol. The Morgan fingerprint density at radius 1 is 1.17 bits per heavy atom. The minimum atomic E-state index is -3.56. The summed E-state index contributed by atoms with van der Waals surface area (Å²) in [6.07, 6.45) is 8.22. The van der Waals surface area contributed by atoms with Gasteiger partial charge in [-0.2, -0.15) is 0 Å². The molecule has 9 heteroatoms. The van der Waals surface area contributed by atoms with Gasteiger partial charge in [0.15, 0.2) is 5.75 Å². The molecule has 0 spiro atoms. The molecule has 2 aromatic carbocycles. The number of aromatic nitrogens is 2. The number of carbonyl (C=O) groups excluding carboxylic acids is 1. The van der Waals surface area contributed by atoms with Crippen LogP contribution in [0.4, 0.5) is 5.69 Å². The summed E-state index contributed by atoms with van der Waals surface area (Å²) in [7, 11) is -3.56. The van der Waals surface area contributed by atoms with Crippen LogP contribution < -0.4 is 14.9 Å². The number of ether oxygens (including phenoxy) is 1. The highest BCUT2D eigenvalue weighted by atomic mass is 32.2. The van der Waals surface area contributed by atoms with Gasteiger partial charge in [-0.3, -0.25) is 14.3 Å². The number of anilines is 1. The zero-order valence-electron chi connectivity index (χ0n) is 19.4. The Morgan fingerprint density at radius 3 is 2.54 bits per heavy atom. The molecular formula is C26H23N3O5S. The first-order valence-electron chi connectivity index (χ1n) is 10.8. The summed E-state index contributed by atoms with van der Waals surface area (Å²) in [4.78, 5) is 28.1. The summed E-state index contributed by atoms with van der Waals surface area (Å²) < 4.78 is 34.9. The maximum absolute atomic E-state index is 12.8. The topological polar surface area (TPSA) is 110 Å². The molecule has 2 heterocycles. The van der Waals surface area contributed by atoms with E-state index in [1.165, 1.54) is 13.1 Å². The zero-order chi connectivity index (χ0) is 25.3. The van der Waals surface area contributed by atoms with E-state index in [0.29, 0.717) is 28.4 Å². The van der Waals surface area contributed by atoms with Crippen LogP contribution in [-0.2, 0) is 10.0 Å². The fourth-order valence-corrected chi connectivity index (χ4v) is 4.38. The summed E-state index contributed by atoms with van der Waals surface area (Å²) in [6, 6.07) is 12.2. The number of sulfonamides is 1. The van der Waals surface area contributed by atoms with E-state index >= 15 is 0 Å². The van der Waals surface area contributed by atoms with Crippen LogP contribution in [0.25, 0.3) is 16.7 Å². The van der Waals surface area contributed by atoms with Crippen molar-refractivity contribution in [1.29, 1.82) is 0 Å².